The number of hydrogen-bond acceptors (Lipinski definition) is 5. The van der Waals surface area contributed by atoms with Gasteiger partial charge in [-0.05, 0) is 44.0 Å². The summed E-state index contributed by atoms with van der Waals surface area (Å²) in [6, 6.07) is 6.16. The standard InChI is InChI=1S/C18H20FN7O/c19-10-3-1-4-11(9-10)22-17-14-13(23-26-17)6-5-12-15(14)24-25-16(12)18(27)21-8-2-7-20/h1,3-4,9H,2,5-8,20H2,(H,21,27)(H,24,25)(H2,22,23,26). The highest BCUT2D eigenvalue weighted by Crippen LogP contribution is 2.38. The van der Waals surface area contributed by atoms with Crippen LogP contribution in [0.25, 0.3) is 11.3 Å². The molecule has 2 aromatic heterocycles. The first-order valence-corrected chi connectivity index (χ1v) is 8.83. The quantitative estimate of drug-likeness (QED) is 0.424. The molecule has 4 rings (SSSR count). The zero-order valence-corrected chi connectivity index (χ0v) is 14.6. The Morgan fingerprint density at radius 3 is 2.96 bits per heavy atom. The first-order chi connectivity index (χ1) is 13.2. The summed E-state index contributed by atoms with van der Waals surface area (Å²) in [5.41, 5.74) is 9.80. The molecule has 0 radical (unpaired) electrons. The van der Waals surface area contributed by atoms with E-state index >= 15 is 0 Å². The second kappa shape index (κ2) is 7.20. The summed E-state index contributed by atoms with van der Waals surface area (Å²) in [6.07, 6.45) is 2.11. The van der Waals surface area contributed by atoms with Crippen molar-refractivity contribution in [1.82, 2.24) is 25.7 Å². The van der Waals surface area contributed by atoms with Gasteiger partial charge >= 0.3 is 0 Å². The summed E-state index contributed by atoms with van der Waals surface area (Å²) in [6.45, 7) is 1.04. The number of carbonyl (C=O) groups is 1. The number of rotatable bonds is 6. The Balaban J connectivity index is 1.63. The predicted octanol–water partition coefficient (Wildman–Crippen LogP) is 1.86. The maximum absolute atomic E-state index is 13.5. The van der Waals surface area contributed by atoms with Crippen LogP contribution in [0, 0.1) is 5.82 Å². The van der Waals surface area contributed by atoms with Crippen LogP contribution < -0.4 is 16.4 Å². The van der Waals surface area contributed by atoms with E-state index in [4.69, 9.17) is 5.73 Å². The molecule has 0 spiro atoms. The zero-order valence-electron chi connectivity index (χ0n) is 14.6. The van der Waals surface area contributed by atoms with Gasteiger partial charge in [-0.1, -0.05) is 6.07 Å². The Hall–Kier alpha value is -3.20. The van der Waals surface area contributed by atoms with Crippen LogP contribution in [0.15, 0.2) is 24.3 Å². The number of aromatic nitrogens is 4. The number of carbonyl (C=O) groups excluding carboxylic acids is 1. The topological polar surface area (TPSA) is 125 Å². The van der Waals surface area contributed by atoms with Crippen LogP contribution in [0.3, 0.4) is 0 Å². The van der Waals surface area contributed by atoms with Gasteiger partial charge in [0.1, 0.15) is 17.2 Å². The van der Waals surface area contributed by atoms with Crippen molar-refractivity contribution in [3.63, 3.8) is 0 Å². The second-order valence-electron chi connectivity index (χ2n) is 6.39. The smallest absolute Gasteiger partial charge is 0.269 e. The summed E-state index contributed by atoms with van der Waals surface area (Å²) in [5.74, 6) is 0.0308. The molecule has 0 saturated heterocycles. The van der Waals surface area contributed by atoms with Crippen molar-refractivity contribution in [3.8, 4) is 11.3 Å². The van der Waals surface area contributed by atoms with Gasteiger partial charge in [-0.3, -0.25) is 15.0 Å². The molecule has 6 N–H and O–H groups in total. The normalized spacial score (nSPS) is 12.4. The highest BCUT2D eigenvalue weighted by atomic mass is 19.1. The van der Waals surface area contributed by atoms with E-state index in [9.17, 15) is 9.18 Å². The summed E-state index contributed by atoms with van der Waals surface area (Å²) in [5, 5.41) is 20.5. The first kappa shape index (κ1) is 17.2. The summed E-state index contributed by atoms with van der Waals surface area (Å²) < 4.78 is 13.5. The molecular formula is C18H20FN7O. The number of aromatic amines is 2. The van der Waals surface area contributed by atoms with Crippen molar-refractivity contribution in [2.75, 3.05) is 18.4 Å². The minimum absolute atomic E-state index is 0.191. The fraction of sp³-hybridized carbons (Fsp3) is 0.278. The fourth-order valence-electron chi connectivity index (χ4n) is 3.25. The number of nitrogens with two attached hydrogens (primary N) is 1. The largest absolute Gasteiger partial charge is 0.351 e. The van der Waals surface area contributed by atoms with Crippen molar-refractivity contribution in [3.05, 3.63) is 47.0 Å². The maximum Gasteiger partial charge on any atom is 0.269 e. The van der Waals surface area contributed by atoms with Crippen LogP contribution >= 0.6 is 0 Å². The van der Waals surface area contributed by atoms with Gasteiger partial charge in [0.2, 0.25) is 0 Å². The Kier molecular flexibility index (Phi) is 4.59. The molecule has 9 heteroatoms. The number of amides is 1. The Morgan fingerprint density at radius 1 is 1.26 bits per heavy atom. The second-order valence-corrected chi connectivity index (χ2v) is 6.39. The number of anilines is 2. The lowest BCUT2D eigenvalue weighted by atomic mass is 9.93. The molecular weight excluding hydrogens is 349 g/mol. The summed E-state index contributed by atoms with van der Waals surface area (Å²) >= 11 is 0. The zero-order chi connectivity index (χ0) is 18.8. The van der Waals surface area contributed by atoms with E-state index in [0.29, 0.717) is 48.8 Å². The number of H-pyrrole nitrogens is 2. The van der Waals surface area contributed by atoms with Gasteiger partial charge in [0.05, 0.1) is 5.56 Å². The molecule has 0 fully saturated rings. The summed E-state index contributed by atoms with van der Waals surface area (Å²) in [4.78, 5) is 12.4. The van der Waals surface area contributed by atoms with E-state index in [0.717, 1.165) is 23.2 Å². The van der Waals surface area contributed by atoms with E-state index in [2.05, 4.69) is 31.0 Å². The van der Waals surface area contributed by atoms with Crippen LogP contribution in [-0.2, 0) is 12.8 Å². The van der Waals surface area contributed by atoms with E-state index in [1.54, 1.807) is 12.1 Å². The van der Waals surface area contributed by atoms with E-state index in [-0.39, 0.29) is 11.7 Å². The minimum Gasteiger partial charge on any atom is -0.351 e. The van der Waals surface area contributed by atoms with Crippen LogP contribution in [0.2, 0.25) is 0 Å². The fourth-order valence-corrected chi connectivity index (χ4v) is 3.25. The number of benzene rings is 1. The molecule has 3 aromatic rings. The van der Waals surface area contributed by atoms with Gasteiger partial charge in [0.15, 0.2) is 5.82 Å². The number of hydrogen-bond donors (Lipinski definition) is 5. The molecule has 0 aliphatic heterocycles. The molecule has 0 saturated carbocycles. The third-order valence-corrected chi connectivity index (χ3v) is 4.55. The molecule has 1 aliphatic rings. The molecule has 1 amide bonds. The van der Waals surface area contributed by atoms with Crippen LogP contribution in [0.1, 0.15) is 28.2 Å². The molecule has 0 unspecified atom stereocenters. The highest BCUT2D eigenvalue weighted by Gasteiger charge is 2.29. The SMILES string of the molecule is NCCCNC(=O)c1[nH]nc2c1CCc1[nH]nc(Nc3cccc(F)c3)c1-2. The average Bonchev–Trinajstić information content (AvgIpc) is 3.26. The number of fused-ring (bicyclic) bond motifs is 3. The number of aryl methyl sites for hydroxylation is 1. The van der Waals surface area contributed by atoms with Gasteiger partial charge in [-0.2, -0.15) is 10.2 Å². The third-order valence-electron chi connectivity index (χ3n) is 4.55. The van der Waals surface area contributed by atoms with Gasteiger partial charge in [0.25, 0.3) is 5.91 Å². The molecule has 8 nitrogen and oxygen atoms in total. The minimum atomic E-state index is -0.332. The predicted molar refractivity (Wildman–Crippen MR) is 99.3 cm³/mol. The van der Waals surface area contributed by atoms with Crippen molar-refractivity contribution in [2.45, 2.75) is 19.3 Å². The molecule has 0 atom stereocenters. The lowest BCUT2D eigenvalue weighted by molar-refractivity contribution is 0.0947. The van der Waals surface area contributed by atoms with Crippen LogP contribution in [0.4, 0.5) is 15.9 Å². The van der Waals surface area contributed by atoms with Gasteiger partial charge in [-0.15, -0.1) is 0 Å². The lowest BCUT2D eigenvalue weighted by Crippen LogP contribution is -2.27. The molecule has 27 heavy (non-hydrogen) atoms. The molecule has 140 valence electrons. The van der Waals surface area contributed by atoms with Crippen molar-refractivity contribution in [1.29, 1.82) is 0 Å². The van der Waals surface area contributed by atoms with E-state index in [1.165, 1.54) is 12.1 Å². The number of nitrogens with one attached hydrogen (secondary N) is 4. The van der Waals surface area contributed by atoms with Crippen molar-refractivity contribution >= 4 is 17.4 Å². The molecule has 2 heterocycles. The summed E-state index contributed by atoms with van der Waals surface area (Å²) in [7, 11) is 0. The monoisotopic (exact) mass is 369 g/mol. The van der Waals surface area contributed by atoms with Gasteiger partial charge in [-0.25, -0.2) is 4.39 Å². The highest BCUT2D eigenvalue weighted by molar-refractivity contribution is 5.96. The Morgan fingerprint density at radius 2 is 2.15 bits per heavy atom. The average molecular weight is 369 g/mol. The first-order valence-electron chi connectivity index (χ1n) is 8.83. The Labute approximate surface area is 154 Å². The van der Waals surface area contributed by atoms with Crippen molar-refractivity contribution in [2.24, 2.45) is 5.73 Å². The van der Waals surface area contributed by atoms with E-state index in [1.807, 2.05) is 0 Å². The molecule has 1 aliphatic carbocycles. The lowest BCUT2D eigenvalue weighted by Gasteiger charge is -2.13. The molecule has 1 aromatic carbocycles. The van der Waals surface area contributed by atoms with Crippen LogP contribution in [0.5, 0.6) is 0 Å². The number of nitrogens with zero attached hydrogens (tertiary/aromatic N) is 2. The maximum atomic E-state index is 13.5. The van der Waals surface area contributed by atoms with Gasteiger partial charge in [0, 0.05) is 23.5 Å². The Bertz CT molecular complexity index is 978. The van der Waals surface area contributed by atoms with Crippen molar-refractivity contribution < 1.29 is 9.18 Å². The number of halogens is 1. The van der Waals surface area contributed by atoms with E-state index < -0.39 is 0 Å². The third kappa shape index (κ3) is 3.28. The van der Waals surface area contributed by atoms with Gasteiger partial charge < -0.3 is 16.4 Å². The molecule has 0 bridgehead atoms. The van der Waals surface area contributed by atoms with Crippen LogP contribution in [-0.4, -0.2) is 39.4 Å².